The van der Waals surface area contributed by atoms with Crippen molar-refractivity contribution in [2.24, 2.45) is 0 Å². The van der Waals surface area contributed by atoms with Gasteiger partial charge in [-0.15, -0.1) is 0 Å². The molecule has 0 aliphatic heterocycles. The highest BCUT2D eigenvalue weighted by atomic mass is 16.5. The van der Waals surface area contributed by atoms with Crippen molar-refractivity contribution in [3.8, 4) is 22.8 Å². The second-order valence-corrected chi connectivity index (χ2v) is 7.62. The fourth-order valence-electron chi connectivity index (χ4n) is 4.10. The Labute approximate surface area is 191 Å². The largest absolute Gasteiger partial charge is 0.491 e. The van der Waals surface area contributed by atoms with Crippen molar-refractivity contribution < 1.29 is 28.9 Å². The van der Waals surface area contributed by atoms with E-state index >= 15 is 0 Å². The number of hydrogen-bond donors (Lipinski definition) is 2. The van der Waals surface area contributed by atoms with E-state index in [1.54, 1.807) is 6.07 Å². The van der Waals surface area contributed by atoms with Crippen molar-refractivity contribution in [2.75, 3.05) is 20.8 Å². The Hall–Kier alpha value is -4.07. The average molecular weight is 448 g/mol. The number of carbonyl (C=O) groups excluding carboxylic acids is 1. The number of carboxylic acids is 1. The van der Waals surface area contributed by atoms with E-state index in [-0.39, 0.29) is 24.8 Å². The SMILES string of the molecule is COc1cc(C[C@@H](NC(=O)OCC2c3ccccc3-c3ccccc32)C(=O)O)cnc1OC. The molecule has 2 aromatic carbocycles. The zero-order valence-electron chi connectivity index (χ0n) is 18.3. The lowest BCUT2D eigenvalue weighted by atomic mass is 9.98. The number of benzene rings is 2. The number of fused-ring (bicyclic) bond motifs is 3. The Morgan fingerprint density at radius 3 is 2.24 bits per heavy atom. The second kappa shape index (κ2) is 9.60. The fourth-order valence-corrected chi connectivity index (χ4v) is 4.10. The van der Waals surface area contributed by atoms with Crippen LogP contribution in [0.25, 0.3) is 11.1 Å². The quantitative estimate of drug-likeness (QED) is 0.542. The van der Waals surface area contributed by atoms with E-state index in [0.29, 0.717) is 11.3 Å². The minimum Gasteiger partial charge on any atom is -0.491 e. The minimum atomic E-state index is -1.19. The van der Waals surface area contributed by atoms with Crippen LogP contribution in [0.5, 0.6) is 11.6 Å². The number of amides is 1. The molecule has 1 heterocycles. The minimum absolute atomic E-state index is 0.00683. The zero-order valence-corrected chi connectivity index (χ0v) is 18.3. The molecule has 0 saturated heterocycles. The van der Waals surface area contributed by atoms with Crippen molar-refractivity contribution in [1.82, 2.24) is 10.3 Å². The van der Waals surface area contributed by atoms with E-state index in [0.717, 1.165) is 22.3 Å². The van der Waals surface area contributed by atoms with Gasteiger partial charge in [0.1, 0.15) is 12.6 Å². The average Bonchev–Trinajstić information content (AvgIpc) is 3.16. The van der Waals surface area contributed by atoms with Gasteiger partial charge in [-0.3, -0.25) is 0 Å². The van der Waals surface area contributed by atoms with Crippen LogP contribution in [-0.4, -0.2) is 49.0 Å². The van der Waals surface area contributed by atoms with Crippen LogP contribution in [0.2, 0.25) is 0 Å². The predicted molar refractivity (Wildman–Crippen MR) is 121 cm³/mol. The van der Waals surface area contributed by atoms with Gasteiger partial charge in [0.05, 0.1) is 14.2 Å². The number of ether oxygens (including phenoxy) is 3. The molecule has 33 heavy (non-hydrogen) atoms. The number of aromatic nitrogens is 1. The molecule has 0 saturated carbocycles. The van der Waals surface area contributed by atoms with Gasteiger partial charge in [0.15, 0.2) is 5.75 Å². The summed E-state index contributed by atoms with van der Waals surface area (Å²) in [5, 5.41) is 12.0. The summed E-state index contributed by atoms with van der Waals surface area (Å²) < 4.78 is 15.8. The highest BCUT2D eigenvalue weighted by Crippen LogP contribution is 2.44. The first-order chi connectivity index (χ1) is 16.0. The molecule has 1 aliphatic rings. The molecule has 8 heteroatoms. The van der Waals surface area contributed by atoms with Crippen LogP contribution >= 0.6 is 0 Å². The predicted octanol–water partition coefficient (Wildman–Crippen LogP) is 3.63. The third-order valence-corrected chi connectivity index (χ3v) is 5.66. The number of aliphatic carboxylic acids is 1. The highest BCUT2D eigenvalue weighted by Gasteiger charge is 2.30. The van der Waals surface area contributed by atoms with E-state index in [4.69, 9.17) is 14.2 Å². The van der Waals surface area contributed by atoms with Gasteiger partial charge in [-0.1, -0.05) is 48.5 Å². The molecule has 0 bridgehead atoms. The number of methoxy groups -OCH3 is 2. The maximum Gasteiger partial charge on any atom is 0.407 e. The van der Waals surface area contributed by atoms with Gasteiger partial charge < -0.3 is 24.6 Å². The molecule has 2 N–H and O–H groups in total. The van der Waals surface area contributed by atoms with Gasteiger partial charge in [-0.2, -0.15) is 0 Å². The molecule has 4 rings (SSSR count). The topological polar surface area (TPSA) is 107 Å². The van der Waals surface area contributed by atoms with Crippen molar-refractivity contribution in [3.63, 3.8) is 0 Å². The van der Waals surface area contributed by atoms with E-state index in [9.17, 15) is 14.7 Å². The van der Waals surface area contributed by atoms with E-state index in [1.807, 2.05) is 48.5 Å². The number of pyridine rings is 1. The van der Waals surface area contributed by atoms with Gasteiger partial charge >= 0.3 is 12.1 Å². The van der Waals surface area contributed by atoms with Crippen molar-refractivity contribution in [3.05, 3.63) is 77.5 Å². The first kappa shape index (κ1) is 22.1. The van der Waals surface area contributed by atoms with Crippen molar-refractivity contribution in [2.45, 2.75) is 18.4 Å². The lowest BCUT2D eigenvalue weighted by molar-refractivity contribution is -0.139. The third kappa shape index (κ3) is 4.59. The van der Waals surface area contributed by atoms with Gasteiger partial charge in [0.25, 0.3) is 5.88 Å². The second-order valence-electron chi connectivity index (χ2n) is 7.62. The Morgan fingerprint density at radius 1 is 1.03 bits per heavy atom. The Morgan fingerprint density at radius 2 is 1.67 bits per heavy atom. The lowest BCUT2D eigenvalue weighted by Gasteiger charge is -2.18. The van der Waals surface area contributed by atoms with Crippen LogP contribution in [0.3, 0.4) is 0 Å². The smallest absolute Gasteiger partial charge is 0.407 e. The van der Waals surface area contributed by atoms with E-state index < -0.39 is 18.1 Å². The Kier molecular flexibility index (Phi) is 6.44. The molecule has 170 valence electrons. The van der Waals surface area contributed by atoms with Crippen LogP contribution in [-0.2, 0) is 16.0 Å². The molecule has 0 fully saturated rings. The molecular formula is C25H24N2O6. The number of hydrogen-bond acceptors (Lipinski definition) is 6. The van der Waals surface area contributed by atoms with Crippen LogP contribution in [0.1, 0.15) is 22.6 Å². The Balaban J connectivity index is 1.43. The monoisotopic (exact) mass is 448 g/mol. The van der Waals surface area contributed by atoms with Crippen molar-refractivity contribution >= 4 is 12.1 Å². The summed E-state index contributed by atoms with van der Waals surface area (Å²) in [6.45, 7) is 0.101. The van der Waals surface area contributed by atoms with Crippen LogP contribution in [0.4, 0.5) is 4.79 Å². The number of carbonyl (C=O) groups is 2. The van der Waals surface area contributed by atoms with Gasteiger partial charge in [-0.25, -0.2) is 14.6 Å². The Bertz CT molecular complexity index is 1130. The number of alkyl carbamates (subject to hydrolysis) is 1. The summed E-state index contributed by atoms with van der Waals surface area (Å²) in [6, 6.07) is 16.4. The molecule has 0 unspecified atom stereocenters. The van der Waals surface area contributed by atoms with Gasteiger partial charge in [0.2, 0.25) is 0 Å². The summed E-state index contributed by atoms with van der Waals surface area (Å²) in [5.74, 6) is -0.627. The first-order valence-corrected chi connectivity index (χ1v) is 10.4. The van der Waals surface area contributed by atoms with Gasteiger partial charge in [0, 0.05) is 18.5 Å². The molecule has 1 aromatic heterocycles. The van der Waals surface area contributed by atoms with Crippen LogP contribution in [0.15, 0.2) is 60.8 Å². The normalized spacial score (nSPS) is 12.9. The number of nitrogens with zero attached hydrogens (tertiary/aromatic N) is 1. The first-order valence-electron chi connectivity index (χ1n) is 10.4. The van der Waals surface area contributed by atoms with E-state index in [2.05, 4.69) is 10.3 Å². The molecule has 3 aromatic rings. The fraction of sp³-hybridized carbons (Fsp3) is 0.240. The van der Waals surface area contributed by atoms with E-state index in [1.165, 1.54) is 20.4 Å². The molecular weight excluding hydrogens is 424 g/mol. The molecule has 0 radical (unpaired) electrons. The zero-order chi connectivity index (χ0) is 23.4. The summed E-state index contributed by atoms with van der Waals surface area (Å²) in [7, 11) is 2.93. The number of nitrogens with one attached hydrogen (secondary N) is 1. The third-order valence-electron chi connectivity index (χ3n) is 5.66. The summed E-state index contributed by atoms with van der Waals surface area (Å²) >= 11 is 0. The number of rotatable bonds is 8. The molecule has 1 amide bonds. The maximum atomic E-state index is 12.5. The molecule has 1 atom stereocenters. The van der Waals surface area contributed by atoms with Crippen LogP contribution < -0.4 is 14.8 Å². The maximum absolute atomic E-state index is 12.5. The molecule has 0 spiro atoms. The molecule has 8 nitrogen and oxygen atoms in total. The lowest BCUT2D eigenvalue weighted by Crippen LogP contribution is -2.43. The van der Waals surface area contributed by atoms with Crippen LogP contribution in [0, 0.1) is 0 Å². The summed E-state index contributed by atoms with van der Waals surface area (Å²) in [4.78, 5) is 28.4. The van der Waals surface area contributed by atoms with Gasteiger partial charge in [-0.05, 0) is 33.9 Å². The standard InChI is InChI=1S/C25H24N2O6/c1-31-22-12-15(13-26-23(22)32-2)11-21(24(28)29)27-25(30)33-14-20-18-9-5-3-7-16(18)17-8-4-6-10-19(17)20/h3-10,12-13,20-21H,11,14H2,1-2H3,(H,27,30)(H,28,29)/t21-/m1/s1. The molecule has 1 aliphatic carbocycles. The summed E-state index contributed by atoms with van der Waals surface area (Å²) in [5.41, 5.74) is 4.97. The number of carboxylic acid groups (broad SMARTS) is 1. The van der Waals surface area contributed by atoms with Crippen molar-refractivity contribution in [1.29, 1.82) is 0 Å². The summed E-state index contributed by atoms with van der Waals surface area (Å²) in [6.07, 6.45) is 0.696. The highest BCUT2D eigenvalue weighted by molar-refractivity contribution is 5.81.